The molecular weight excluding hydrogens is 372 g/mol. The van der Waals surface area contributed by atoms with Gasteiger partial charge in [0.2, 0.25) is 11.9 Å². The van der Waals surface area contributed by atoms with Crippen LogP contribution in [0.25, 0.3) is 11.2 Å². The number of amides is 1. The van der Waals surface area contributed by atoms with E-state index >= 15 is 0 Å². The minimum absolute atomic E-state index is 0.0270. The normalized spacial score (nSPS) is 11.2. The number of aryl methyl sites for hydroxylation is 1. The zero-order valence-electron chi connectivity index (χ0n) is 17.1. The largest absolute Gasteiger partial charge is 0.354 e. The molecule has 0 fully saturated rings. The SMILES string of the molecule is CC(C)C(=O)NCCNc1nc2c(c(=O)n(C)c(=O)n2C)n1Cc1ccccc1. The van der Waals surface area contributed by atoms with Crippen molar-refractivity contribution in [3.05, 3.63) is 56.7 Å². The first-order chi connectivity index (χ1) is 13.8. The molecule has 9 nitrogen and oxygen atoms in total. The lowest BCUT2D eigenvalue weighted by Crippen LogP contribution is -2.37. The van der Waals surface area contributed by atoms with Crippen molar-refractivity contribution in [2.24, 2.45) is 20.0 Å². The predicted octanol–water partition coefficient (Wildman–Crippen LogP) is 0.666. The van der Waals surface area contributed by atoms with Crippen molar-refractivity contribution in [2.75, 3.05) is 18.4 Å². The number of benzene rings is 1. The van der Waals surface area contributed by atoms with Gasteiger partial charge in [-0.2, -0.15) is 4.98 Å². The van der Waals surface area contributed by atoms with Gasteiger partial charge in [0.1, 0.15) is 0 Å². The van der Waals surface area contributed by atoms with Crippen LogP contribution >= 0.6 is 0 Å². The fourth-order valence-corrected chi connectivity index (χ4v) is 3.07. The van der Waals surface area contributed by atoms with Gasteiger partial charge in [-0.3, -0.25) is 23.3 Å². The molecule has 3 rings (SSSR count). The number of rotatable bonds is 7. The van der Waals surface area contributed by atoms with Crippen molar-refractivity contribution >= 4 is 23.0 Å². The van der Waals surface area contributed by atoms with Gasteiger partial charge in [0.25, 0.3) is 5.56 Å². The van der Waals surface area contributed by atoms with Gasteiger partial charge < -0.3 is 10.6 Å². The van der Waals surface area contributed by atoms with Gasteiger partial charge >= 0.3 is 5.69 Å². The second kappa shape index (κ2) is 8.34. The third kappa shape index (κ3) is 4.08. The van der Waals surface area contributed by atoms with E-state index in [1.165, 1.54) is 11.6 Å². The topological polar surface area (TPSA) is 103 Å². The molecular formula is C20H26N6O3. The van der Waals surface area contributed by atoms with E-state index in [0.717, 1.165) is 10.1 Å². The van der Waals surface area contributed by atoms with E-state index in [1.54, 1.807) is 11.6 Å². The van der Waals surface area contributed by atoms with Gasteiger partial charge in [-0.05, 0) is 5.56 Å². The Kier molecular flexibility index (Phi) is 5.86. The van der Waals surface area contributed by atoms with Crippen LogP contribution in [0.1, 0.15) is 19.4 Å². The first-order valence-electron chi connectivity index (χ1n) is 9.53. The second-order valence-electron chi connectivity index (χ2n) is 7.26. The molecule has 0 atom stereocenters. The van der Waals surface area contributed by atoms with Gasteiger partial charge in [0.15, 0.2) is 11.2 Å². The van der Waals surface area contributed by atoms with Crippen LogP contribution in [-0.2, 0) is 25.4 Å². The van der Waals surface area contributed by atoms with Crippen LogP contribution < -0.4 is 21.9 Å². The molecule has 154 valence electrons. The molecule has 2 N–H and O–H groups in total. The summed E-state index contributed by atoms with van der Waals surface area (Å²) >= 11 is 0. The minimum Gasteiger partial charge on any atom is -0.354 e. The van der Waals surface area contributed by atoms with Crippen LogP contribution in [-0.4, -0.2) is 37.7 Å². The fraction of sp³-hybridized carbons (Fsp3) is 0.400. The van der Waals surface area contributed by atoms with E-state index in [2.05, 4.69) is 15.6 Å². The summed E-state index contributed by atoms with van der Waals surface area (Å²) in [4.78, 5) is 41.4. The Morgan fingerprint density at radius 1 is 1.07 bits per heavy atom. The molecule has 9 heteroatoms. The molecule has 2 heterocycles. The highest BCUT2D eigenvalue weighted by atomic mass is 16.2. The first kappa shape index (κ1) is 20.4. The van der Waals surface area contributed by atoms with Crippen LogP contribution in [0.5, 0.6) is 0 Å². The third-order valence-electron chi connectivity index (χ3n) is 4.76. The van der Waals surface area contributed by atoms with Gasteiger partial charge in [-0.1, -0.05) is 44.2 Å². The molecule has 0 aliphatic carbocycles. The lowest BCUT2D eigenvalue weighted by Gasteiger charge is -2.12. The molecule has 1 aromatic carbocycles. The Morgan fingerprint density at radius 2 is 1.76 bits per heavy atom. The summed E-state index contributed by atoms with van der Waals surface area (Å²) in [5.74, 6) is 0.358. The lowest BCUT2D eigenvalue weighted by molar-refractivity contribution is -0.123. The summed E-state index contributed by atoms with van der Waals surface area (Å²) in [5.41, 5.74) is 0.851. The van der Waals surface area contributed by atoms with Crippen molar-refractivity contribution in [1.29, 1.82) is 0 Å². The molecule has 0 unspecified atom stereocenters. The number of hydrogen-bond acceptors (Lipinski definition) is 5. The zero-order chi connectivity index (χ0) is 21.1. The van der Waals surface area contributed by atoms with Crippen LogP contribution in [0.15, 0.2) is 39.9 Å². The van der Waals surface area contributed by atoms with Crippen molar-refractivity contribution in [2.45, 2.75) is 20.4 Å². The summed E-state index contributed by atoms with van der Waals surface area (Å²) in [6.07, 6.45) is 0. The van der Waals surface area contributed by atoms with Gasteiger partial charge in [-0.25, -0.2) is 4.79 Å². The standard InChI is InChI=1S/C20H26N6O3/c1-13(2)17(27)21-10-11-22-19-23-16-15(18(28)25(4)20(29)24(16)3)26(19)12-14-8-6-5-7-9-14/h5-9,13H,10-12H2,1-4H3,(H,21,27)(H,22,23). The van der Waals surface area contributed by atoms with Crippen molar-refractivity contribution in [1.82, 2.24) is 24.0 Å². The molecule has 0 aliphatic rings. The van der Waals surface area contributed by atoms with E-state index in [0.29, 0.717) is 36.7 Å². The van der Waals surface area contributed by atoms with Crippen molar-refractivity contribution in [3.63, 3.8) is 0 Å². The Bertz CT molecular complexity index is 1140. The number of carbonyl (C=O) groups is 1. The zero-order valence-corrected chi connectivity index (χ0v) is 17.1. The van der Waals surface area contributed by atoms with E-state index in [4.69, 9.17) is 0 Å². The molecule has 0 saturated carbocycles. The summed E-state index contributed by atoms with van der Waals surface area (Å²) in [5, 5.41) is 6.02. The maximum absolute atomic E-state index is 12.8. The highest BCUT2D eigenvalue weighted by Crippen LogP contribution is 2.17. The van der Waals surface area contributed by atoms with Crippen LogP contribution in [0.3, 0.4) is 0 Å². The van der Waals surface area contributed by atoms with E-state index in [9.17, 15) is 14.4 Å². The lowest BCUT2D eigenvalue weighted by atomic mass is 10.2. The monoisotopic (exact) mass is 398 g/mol. The summed E-state index contributed by atoms with van der Waals surface area (Å²) < 4.78 is 4.22. The van der Waals surface area contributed by atoms with Crippen LogP contribution in [0.4, 0.5) is 5.95 Å². The summed E-state index contributed by atoms with van der Waals surface area (Å²) in [6, 6.07) is 9.71. The molecule has 0 aliphatic heterocycles. The maximum atomic E-state index is 12.8. The Balaban J connectivity index is 1.99. The Morgan fingerprint density at radius 3 is 2.41 bits per heavy atom. The van der Waals surface area contributed by atoms with E-state index in [1.807, 2.05) is 44.2 Å². The molecule has 0 saturated heterocycles. The molecule has 0 radical (unpaired) electrons. The van der Waals surface area contributed by atoms with Crippen LogP contribution in [0.2, 0.25) is 0 Å². The molecule has 0 spiro atoms. The van der Waals surface area contributed by atoms with Gasteiger partial charge in [0, 0.05) is 33.1 Å². The average molecular weight is 398 g/mol. The summed E-state index contributed by atoms with van der Waals surface area (Å²) in [6.45, 7) is 4.94. The van der Waals surface area contributed by atoms with Crippen molar-refractivity contribution < 1.29 is 4.79 Å². The third-order valence-corrected chi connectivity index (χ3v) is 4.76. The van der Waals surface area contributed by atoms with E-state index < -0.39 is 11.2 Å². The molecule has 0 bridgehead atoms. The number of hydrogen-bond donors (Lipinski definition) is 2. The minimum atomic E-state index is -0.428. The number of nitrogens with one attached hydrogen (secondary N) is 2. The number of carbonyl (C=O) groups excluding carboxylic acids is 1. The highest BCUT2D eigenvalue weighted by molar-refractivity contribution is 5.78. The summed E-state index contributed by atoms with van der Waals surface area (Å²) in [7, 11) is 3.05. The maximum Gasteiger partial charge on any atom is 0.332 e. The fourth-order valence-electron chi connectivity index (χ4n) is 3.07. The van der Waals surface area contributed by atoms with Gasteiger partial charge in [-0.15, -0.1) is 0 Å². The number of nitrogens with zero attached hydrogens (tertiary/aromatic N) is 4. The number of fused-ring (bicyclic) bond motifs is 1. The molecule has 29 heavy (non-hydrogen) atoms. The molecule has 2 aromatic heterocycles. The second-order valence-corrected chi connectivity index (χ2v) is 7.26. The van der Waals surface area contributed by atoms with E-state index in [-0.39, 0.29) is 11.8 Å². The Labute approximate surface area is 168 Å². The number of anilines is 1. The van der Waals surface area contributed by atoms with Crippen molar-refractivity contribution in [3.8, 4) is 0 Å². The average Bonchev–Trinajstić information content (AvgIpc) is 3.06. The first-order valence-corrected chi connectivity index (χ1v) is 9.53. The number of imidazole rings is 1. The quantitative estimate of drug-likeness (QED) is 0.570. The smallest absolute Gasteiger partial charge is 0.332 e. The molecule has 1 amide bonds. The van der Waals surface area contributed by atoms with Gasteiger partial charge in [0.05, 0.1) is 6.54 Å². The predicted molar refractivity (Wildman–Crippen MR) is 112 cm³/mol. The highest BCUT2D eigenvalue weighted by Gasteiger charge is 2.19. The van der Waals surface area contributed by atoms with Crippen LogP contribution in [0, 0.1) is 5.92 Å². The molecule has 3 aromatic rings. The number of aromatic nitrogens is 4. The Hall–Kier alpha value is -3.36.